The van der Waals surface area contributed by atoms with E-state index in [1.54, 1.807) is 0 Å². The highest BCUT2D eigenvalue weighted by atomic mass is 16.2. The van der Waals surface area contributed by atoms with E-state index in [1.807, 2.05) is 42.3 Å². The molecule has 0 spiro atoms. The van der Waals surface area contributed by atoms with Crippen molar-refractivity contribution in [2.45, 2.75) is 25.8 Å². The number of carbonyl (C=O) groups is 1. The van der Waals surface area contributed by atoms with E-state index in [0.29, 0.717) is 13.0 Å². The Labute approximate surface area is 118 Å². The number of benzene rings is 1. The van der Waals surface area contributed by atoms with Gasteiger partial charge in [0.05, 0.1) is 11.4 Å². The van der Waals surface area contributed by atoms with E-state index in [4.69, 9.17) is 0 Å². The number of aryl methyl sites for hydroxylation is 1. The normalized spacial score (nSPS) is 17.6. The molecule has 5 heteroatoms. The first-order valence-electron chi connectivity index (χ1n) is 6.91. The quantitative estimate of drug-likeness (QED) is 0.921. The topological polar surface area (TPSA) is 61.9 Å². The number of aromatic amines is 1. The first-order valence-corrected chi connectivity index (χ1v) is 6.91. The van der Waals surface area contributed by atoms with E-state index in [0.717, 1.165) is 29.8 Å². The average molecular weight is 270 g/mol. The van der Waals surface area contributed by atoms with Crippen LogP contribution in [0.2, 0.25) is 0 Å². The highest BCUT2D eigenvalue weighted by Gasteiger charge is 2.29. The van der Waals surface area contributed by atoms with E-state index >= 15 is 0 Å². The van der Waals surface area contributed by atoms with Gasteiger partial charge >= 0.3 is 0 Å². The molecule has 2 aromatic rings. The summed E-state index contributed by atoms with van der Waals surface area (Å²) in [5.74, 6) is 0.226. The summed E-state index contributed by atoms with van der Waals surface area (Å²) >= 11 is 0. The first-order chi connectivity index (χ1) is 9.74. The Hall–Kier alpha value is -2.17. The predicted molar refractivity (Wildman–Crippen MR) is 74.8 cm³/mol. The Morgan fingerprint density at radius 3 is 2.85 bits per heavy atom. The lowest BCUT2D eigenvalue weighted by atomic mass is 9.89. The summed E-state index contributed by atoms with van der Waals surface area (Å²) < 4.78 is 0. The van der Waals surface area contributed by atoms with Gasteiger partial charge in [-0.3, -0.25) is 4.79 Å². The van der Waals surface area contributed by atoms with Crippen LogP contribution < -0.4 is 0 Å². The third kappa shape index (κ3) is 2.57. The second-order valence-electron chi connectivity index (χ2n) is 5.34. The first kappa shape index (κ1) is 12.8. The van der Waals surface area contributed by atoms with Crippen molar-refractivity contribution in [3.05, 3.63) is 47.3 Å². The number of nitrogens with zero attached hydrogens (tertiary/aromatic N) is 3. The van der Waals surface area contributed by atoms with Crippen molar-refractivity contribution in [1.82, 2.24) is 20.3 Å². The zero-order chi connectivity index (χ0) is 13.9. The van der Waals surface area contributed by atoms with Crippen LogP contribution in [0.1, 0.15) is 23.4 Å². The number of aromatic nitrogens is 3. The molecule has 1 aromatic carbocycles. The second kappa shape index (κ2) is 5.45. The Bertz CT molecular complexity index is 593. The number of amides is 1. The van der Waals surface area contributed by atoms with Gasteiger partial charge in [0.2, 0.25) is 5.91 Å². The largest absolute Gasteiger partial charge is 0.341 e. The number of hydrogen-bond donors (Lipinski definition) is 1. The van der Waals surface area contributed by atoms with Gasteiger partial charge in [-0.1, -0.05) is 30.3 Å². The molecule has 1 atom stereocenters. The molecule has 0 aliphatic heterocycles. The van der Waals surface area contributed by atoms with Crippen molar-refractivity contribution in [1.29, 1.82) is 0 Å². The number of carbonyl (C=O) groups excluding carboxylic acids is 1. The van der Waals surface area contributed by atoms with Crippen molar-refractivity contribution in [2.24, 2.45) is 5.92 Å². The van der Waals surface area contributed by atoms with E-state index in [1.165, 1.54) is 0 Å². The number of H-pyrrole nitrogens is 1. The lowest BCUT2D eigenvalue weighted by Crippen LogP contribution is -2.35. The van der Waals surface area contributed by atoms with Crippen LogP contribution in [0.3, 0.4) is 0 Å². The van der Waals surface area contributed by atoms with Crippen LogP contribution in [-0.2, 0) is 24.2 Å². The Morgan fingerprint density at radius 1 is 1.30 bits per heavy atom. The number of rotatable bonds is 3. The van der Waals surface area contributed by atoms with Gasteiger partial charge in [-0.15, -0.1) is 0 Å². The smallest absolute Gasteiger partial charge is 0.226 e. The Balaban J connectivity index is 1.64. The van der Waals surface area contributed by atoms with Crippen LogP contribution in [0.25, 0.3) is 0 Å². The second-order valence-corrected chi connectivity index (χ2v) is 5.34. The fourth-order valence-electron chi connectivity index (χ4n) is 2.74. The predicted octanol–water partition coefficient (Wildman–Crippen LogP) is 1.57. The van der Waals surface area contributed by atoms with Crippen LogP contribution in [0.15, 0.2) is 30.3 Å². The third-order valence-corrected chi connectivity index (χ3v) is 3.86. The molecule has 1 unspecified atom stereocenters. The maximum Gasteiger partial charge on any atom is 0.226 e. The molecule has 1 N–H and O–H groups in total. The van der Waals surface area contributed by atoms with Crippen LogP contribution in [-0.4, -0.2) is 33.3 Å². The van der Waals surface area contributed by atoms with Gasteiger partial charge in [0, 0.05) is 25.9 Å². The van der Waals surface area contributed by atoms with Gasteiger partial charge in [-0.25, -0.2) is 0 Å². The third-order valence-electron chi connectivity index (χ3n) is 3.86. The van der Waals surface area contributed by atoms with E-state index in [2.05, 4.69) is 15.4 Å². The molecule has 0 saturated heterocycles. The molecule has 1 aliphatic carbocycles. The molecule has 5 nitrogen and oxygen atoms in total. The van der Waals surface area contributed by atoms with Crippen LogP contribution >= 0.6 is 0 Å². The molecule has 0 radical (unpaired) electrons. The van der Waals surface area contributed by atoms with Crippen molar-refractivity contribution < 1.29 is 4.79 Å². The van der Waals surface area contributed by atoms with Crippen LogP contribution in [0.5, 0.6) is 0 Å². The van der Waals surface area contributed by atoms with Crippen molar-refractivity contribution >= 4 is 5.91 Å². The molecule has 0 saturated carbocycles. The van der Waals surface area contributed by atoms with Gasteiger partial charge in [0.25, 0.3) is 0 Å². The SMILES string of the molecule is CN(Cc1ccccc1)C(=O)C1CCc2n[nH]nc2C1. The van der Waals surface area contributed by atoms with E-state index < -0.39 is 0 Å². The monoisotopic (exact) mass is 270 g/mol. The minimum Gasteiger partial charge on any atom is -0.341 e. The molecule has 1 amide bonds. The summed E-state index contributed by atoms with van der Waals surface area (Å²) in [4.78, 5) is 14.3. The molecule has 1 heterocycles. The van der Waals surface area contributed by atoms with Crippen molar-refractivity contribution in [3.8, 4) is 0 Å². The summed E-state index contributed by atoms with van der Waals surface area (Å²) in [6.07, 6.45) is 2.39. The van der Waals surface area contributed by atoms with Crippen molar-refractivity contribution in [2.75, 3.05) is 7.05 Å². The summed E-state index contributed by atoms with van der Waals surface area (Å²) in [5, 5.41) is 10.9. The molecule has 20 heavy (non-hydrogen) atoms. The van der Waals surface area contributed by atoms with Crippen LogP contribution in [0.4, 0.5) is 0 Å². The lowest BCUT2D eigenvalue weighted by molar-refractivity contribution is -0.135. The zero-order valence-electron chi connectivity index (χ0n) is 11.5. The molecule has 1 aromatic heterocycles. The summed E-state index contributed by atoms with van der Waals surface area (Å²) in [5.41, 5.74) is 3.11. The Morgan fingerprint density at radius 2 is 2.05 bits per heavy atom. The standard InChI is InChI=1S/C15H18N4O/c1-19(10-11-5-3-2-4-6-11)15(20)12-7-8-13-14(9-12)17-18-16-13/h2-6,12H,7-10H2,1H3,(H,16,17,18). The average Bonchev–Trinajstić information content (AvgIpc) is 2.94. The maximum absolute atomic E-state index is 12.5. The summed E-state index contributed by atoms with van der Waals surface area (Å²) in [7, 11) is 1.87. The van der Waals surface area contributed by atoms with E-state index in [9.17, 15) is 4.79 Å². The fraction of sp³-hybridized carbons (Fsp3) is 0.400. The summed E-state index contributed by atoms with van der Waals surface area (Å²) in [6, 6.07) is 10.1. The number of nitrogens with one attached hydrogen (secondary N) is 1. The van der Waals surface area contributed by atoms with Crippen LogP contribution in [0, 0.1) is 5.92 Å². The molecule has 3 rings (SSSR count). The molecular formula is C15H18N4O. The highest BCUT2D eigenvalue weighted by molar-refractivity contribution is 5.79. The molecule has 104 valence electrons. The molecule has 0 bridgehead atoms. The number of fused-ring (bicyclic) bond motifs is 1. The summed E-state index contributed by atoms with van der Waals surface area (Å²) in [6.45, 7) is 0.655. The van der Waals surface area contributed by atoms with Gasteiger partial charge < -0.3 is 4.90 Å². The fourth-order valence-corrected chi connectivity index (χ4v) is 2.74. The van der Waals surface area contributed by atoms with E-state index in [-0.39, 0.29) is 11.8 Å². The lowest BCUT2D eigenvalue weighted by Gasteiger charge is -2.25. The Kier molecular flexibility index (Phi) is 3.50. The molecule has 0 fully saturated rings. The van der Waals surface area contributed by atoms with Gasteiger partial charge in [-0.2, -0.15) is 15.4 Å². The zero-order valence-corrected chi connectivity index (χ0v) is 11.5. The van der Waals surface area contributed by atoms with Gasteiger partial charge in [0.1, 0.15) is 0 Å². The minimum absolute atomic E-state index is 0.0290. The highest BCUT2D eigenvalue weighted by Crippen LogP contribution is 2.24. The van der Waals surface area contributed by atoms with Gasteiger partial charge in [0.15, 0.2) is 0 Å². The van der Waals surface area contributed by atoms with Crippen molar-refractivity contribution in [3.63, 3.8) is 0 Å². The molecular weight excluding hydrogens is 252 g/mol. The minimum atomic E-state index is 0.0290. The maximum atomic E-state index is 12.5. The molecule has 1 aliphatic rings. The number of hydrogen-bond acceptors (Lipinski definition) is 3. The van der Waals surface area contributed by atoms with Gasteiger partial charge in [-0.05, 0) is 18.4 Å².